The number of carbonyl (C=O) groups is 3. The summed E-state index contributed by atoms with van der Waals surface area (Å²) in [4.78, 5) is 31.0. The molecule has 0 spiro atoms. The van der Waals surface area contributed by atoms with Gasteiger partial charge in [-0.3, -0.25) is 9.59 Å². The van der Waals surface area contributed by atoms with Crippen LogP contribution in [0.25, 0.3) is 0 Å². The van der Waals surface area contributed by atoms with Crippen LogP contribution in [0.3, 0.4) is 0 Å². The van der Waals surface area contributed by atoms with Crippen LogP contribution in [0.2, 0.25) is 0 Å². The SMILES string of the molecule is C=C(CC(CC(=O)O)C(=O)O)C(=O)O. The van der Waals surface area contributed by atoms with E-state index in [4.69, 9.17) is 15.3 Å². The fraction of sp³-hybridized carbons (Fsp3) is 0.375. The third-order valence-corrected chi connectivity index (χ3v) is 1.57. The molecule has 6 nitrogen and oxygen atoms in total. The van der Waals surface area contributed by atoms with Crippen molar-refractivity contribution in [3.05, 3.63) is 12.2 Å². The minimum absolute atomic E-state index is 0.307. The molecule has 14 heavy (non-hydrogen) atoms. The zero-order valence-corrected chi connectivity index (χ0v) is 7.27. The van der Waals surface area contributed by atoms with E-state index in [-0.39, 0.29) is 12.0 Å². The predicted molar refractivity (Wildman–Crippen MR) is 44.8 cm³/mol. The fourth-order valence-electron chi connectivity index (χ4n) is 0.842. The summed E-state index contributed by atoms with van der Waals surface area (Å²) < 4.78 is 0. The highest BCUT2D eigenvalue weighted by molar-refractivity contribution is 5.87. The van der Waals surface area contributed by atoms with Crippen LogP contribution in [0, 0.1) is 5.92 Å². The zero-order chi connectivity index (χ0) is 11.3. The van der Waals surface area contributed by atoms with Crippen molar-refractivity contribution < 1.29 is 29.7 Å². The van der Waals surface area contributed by atoms with E-state index in [9.17, 15) is 14.4 Å². The Balaban J connectivity index is 4.38. The number of carboxylic acid groups (broad SMARTS) is 3. The maximum Gasteiger partial charge on any atom is 0.330 e. The van der Waals surface area contributed by atoms with Crippen molar-refractivity contribution in [1.82, 2.24) is 0 Å². The fourth-order valence-corrected chi connectivity index (χ4v) is 0.842. The lowest BCUT2D eigenvalue weighted by Gasteiger charge is -2.08. The molecule has 0 bridgehead atoms. The summed E-state index contributed by atoms with van der Waals surface area (Å²) in [5, 5.41) is 25.3. The van der Waals surface area contributed by atoms with E-state index in [1.807, 2.05) is 0 Å². The molecule has 0 aromatic rings. The van der Waals surface area contributed by atoms with E-state index in [0.29, 0.717) is 0 Å². The van der Waals surface area contributed by atoms with Crippen molar-refractivity contribution in [3.63, 3.8) is 0 Å². The van der Waals surface area contributed by atoms with E-state index in [0.717, 1.165) is 0 Å². The lowest BCUT2D eigenvalue weighted by molar-refractivity contribution is -0.148. The van der Waals surface area contributed by atoms with Gasteiger partial charge in [0.2, 0.25) is 0 Å². The standard InChI is InChI=1S/C8H10O6/c1-4(7(11)12)2-5(8(13)14)3-6(9)10/h5H,1-3H2,(H,9,10)(H,11,12)(H,13,14). The van der Waals surface area contributed by atoms with E-state index < -0.39 is 30.2 Å². The Hall–Kier alpha value is -1.85. The van der Waals surface area contributed by atoms with Crippen molar-refractivity contribution in [3.8, 4) is 0 Å². The molecule has 0 aliphatic carbocycles. The minimum atomic E-state index is -1.34. The van der Waals surface area contributed by atoms with E-state index in [1.54, 1.807) is 0 Å². The van der Waals surface area contributed by atoms with E-state index in [2.05, 4.69) is 6.58 Å². The van der Waals surface area contributed by atoms with Gasteiger partial charge >= 0.3 is 17.9 Å². The molecule has 3 N–H and O–H groups in total. The van der Waals surface area contributed by atoms with Crippen LogP contribution in [0.5, 0.6) is 0 Å². The molecule has 0 aliphatic rings. The van der Waals surface area contributed by atoms with Crippen LogP contribution in [0.15, 0.2) is 12.2 Å². The van der Waals surface area contributed by atoms with Gasteiger partial charge in [0, 0.05) is 5.57 Å². The Labute approximate surface area is 79.5 Å². The second kappa shape index (κ2) is 5.00. The first-order chi connectivity index (χ1) is 6.34. The molecule has 0 aromatic carbocycles. The maximum absolute atomic E-state index is 10.5. The van der Waals surface area contributed by atoms with Gasteiger partial charge in [-0.15, -0.1) is 0 Å². The summed E-state index contributed by atoms with van der Waals surface area (Å²) in [6.45, 7) is 3.13. The highest BCUT2D eigenvalue weighted by Crippen LogP contribution is 2.14. The first-order valence-corrected chi connectivity index (χ1v) is 3.70. The van der Waals surface area contributed by atoms with Gasteiger partial charge in [-0.25, -0.2) is 4.79 Å². The largest absolute Gasteiger partial charge is 0.481 e. The molecule has 1 unspecified atom stereocenters. The van der Waals surface area contributed by atoms with Crippen molar-refractivity contribution in [2.45, 2.75) is 12.8 Å². The van der Waals surface area contributed by atoms with Crippen LogP contribution < -0.4 is 0 Å². The molecule has 0 rings (SSSR count). The molecule has 0 aliphatic heterocycles. The molecule has 0 aromatic heterocycles. The van der Waals surface area contributed by atoms with Crippen LogP contribution in [-0.4, -0.2) is 33.2 Å². The van der Waals surface area contributed by atoms with Gasteiger partial charge in [-0.05, 0) is 6.42 Å². The molecule has 0 fully saturated rings. The van der Waals surface area contributed by atoms with Crippen LogP contribution in [0.4, 0.5) is 0 Å². The van der Waals surface area contributed by atoms with Gasteiger partial charge in [0.25, 0.3) is 0 Å². The summed E-state index contributed by atoms with van der Waals surface area (Å²) >= 11 is 0. The van der Waals surface area contributed by atoms with Crippen molar-refractivity contribution in [1.29, 1.82) is 0 Å². The maximum atomic E-state index is 10.5. The van der Waals surface area contributed by atoms with Gasteiger partial charge in [-0.1, -0.05) is 6.58 Å². The van der Waals surface area contributed by atoms with Gasteiger partial charge in [0.15, 0.2) is 0 Å². The molecule has 0 amide bonds. The van der Waals surface area contributed by atoms with Gasteiger partial charge in [0.05, 0.1) is 12.3 Å². The third kappa shape index (κ3) is 4.24. The number of aliphatic carboxylic acids is 3. The molecule has 0 heterocycles. The van der Waals surface area contributed by atoms with Crippen LogP contribution >= 0.6 is 0 Å². The Morgan fingerprint density at radius 1 is 1.07 bits per heavy atom. The molecular formula is C8H10O6. The number of hydrogen-bond donors (Lipinski definition) is 3. The monoisotopic (exact) mass is 202 g/mol. The average molecular weight is 202 g/mol. The second-order valence-electron chi connectivity index (χ2n) is 2.75. The smallest absolute Gasteiger partial charge is 0.330 e. The first kappa shape index (κ1) is 12.2. The Morgan fingerprint density at radius 2 is 1.57 bits per heavy atom. The third-order valence-electron chi connectivity index (χ3n) is 1.57. The van der Waals surface area contributed by atoms with Crippen LogP contribution in [0.1, 0.15) is 12.8 Å². The summed E-state index contributed by atoms with van der Waals surface area (Å²) in [5.41, 5.74) is -0.307. The van der Waals surface area contributed by atoms with E-state index in [1.165, 1.54) is 0 Å². The molecular weight excluding hydrogens is 192 g/mol. The molecule has 78 valence electrons. The van der Waals surface area contributed by atoms with E-state index >= 15 is 0 Å². The normalized spacial score (nSPS) is 11.7. The number of hydrogen-bond acceptors (Lipinski definition) is 3. The highest BCUT2D eigenvalue weighted by Gasteiger charge is 2.23. The summed E-state index contributed by atoms with van der Waals surface area (Å²) in [6.07, 6.45) is -0.974. The molecule has 0 saturated heterocycles. The summed E-state index contributed by atoms with van der Waals surface area (Å²) in [6, 6.07) is 0. The Bertz CT molecular complexity index is 280. The minimum Gasteiger partial charge on any atom is -0.481 e. The van der Waals surface area contributed by atoms with Gasteiger partial charge < -0.3 is 15.3 Å². The lowest BCUT2D eigenvalue weighted by atomic mass is 9.97. The average Bonchev–Trinajstić information content (AvgIpc) is 2.01. The molecule has 6 heteroatoms. The predicted octanol–water partition coefficient (Wildman–Crippen LogP) is 0.193. The highest BCUT2D eigenvalue weighted by atomic mass is 16.4. The van der Waals surface area contributed by atoms with Gasteiger partial charge in [-0.2, -0.15) is 0 Å². The zero-order valence-electron chi connectivity index (χ0n) is 7.27. The molecule has 0 saturated carbocycles. The molecule has 1 atom stereocenters. The first-order valence-electron chi connectivity index (χ1n) is 3.70. The van der Waals surface area contributed by atoms with Gasteiger partial charge in [0.1, 0.15) is 0 Å². The van der Waals surface area contributed by atoms with Crippen molar-refractivity contribution in [2.24, 2.45) is 5.92 Å². The Morgan fingerprint density at radius 3 is 1.86 bits per heavy atom. The molecule has 0 radical (unpaired) electrons. The topological polar surface area (TPSA) is 112 Å². The number of rotatable bonds is 6. The van der Waals surface area contributed by atoms with Crippen molar-refractivity contribution >= 4 is 17.9 Å². The van der Waals surface area contributed by atoms with Crippen molar-refractivity contribution in [2.75, 3.05) is 0 Å². The quantitative estimate of drug-likeness (QED) is 0.530. The van der Waals surface area contributed by atoms with Crippen LogP contribution in [-0.2, 0) is 14.4 Å². The summed E-state index contributed by atoms with van der Waals surface area (Å²) in [7, 11) is 0. The summed E-state index contributed by atoms with van der Waals surface area (Å²) in [5.74, 6) is -5.18. The Kier molecular flexibility index (Phi) is 4.34. The second-order valence-corrected chi connectivity index (χ2v) is 2.75. The lowest BCUT2D eigenvalue weighted by Crippen LogP contribution is -2.19. The number of carboxylic acids is 3.